The van der Waals surface area contributed by atoms with Crippen molar-refractivity contribution in [3.05, 3.63) is 46.6 Å². The molecule has 22 heavy (non-hydrogen) atoms. The van der Waals surface area contributed by atoms with Crippen LogP contribution < -0.4 is 4.72 Å². The van der Waals surface area contributed by atoms with E-state index in [9.17, 15) is 8.42 Å². The van der Waals surface area contributed by atoms with E-state index in [2.05, 4.69) is 14.9 Å². The first kappa shape index (κ1) is 16.9. The van der Waals surface area contributed by atoms with E-state index in [1.54, 1.807) is 19.9 Å². The molecule has 0 bridgehead atoms. The molecule has 0 aliphatic heterocycles. The Bertz CT molecular complexity index is 730. The lowest BCUT2D eigenvalue weighted by Gasteiger charge is -2.09. The van der Waals surface area contributed by atoms with Gasteiger partial charge in [-0.1, -0.05) is 41.9 Å². The summed E-state index contributed by atoms with van der Waals surface area (Å²) in [5, 5.41) is 4.50. The van der Waals surface area contributed by atoms with Crippen molar-refractivity contribution in [3.63, 3.8) is 0 Å². The first-order chi connectivity index (χ1) is 10.4. The first-order valence-corrected chi connectivity index (χ1v) is 9.00. The number of hydrogen-bond donors (Lipinski definition) is 1. The minimum Gasteiger partial charge on any atom is -0.338 e. The second-order valence-electron chi connectivity index (χ2n) is 4.98. The van der Waals surface area contributed by atoms with Crippen molar-refractivity contribution in [2.75, 3.05) is 5.75 Å². The molecule has 2 aromatic rings. The predicted octanol–water partition coefficient (Wildman–Crippen LogP) is 2.70. The van der Waals surface area contributed by atoms with E-state index in [4.69, 9.17) is 16.1 Å². The van der Waals surface area contributed by atoms with Crippen molar-refractivity contribution < 1.29 is 12.9 Å². The molecule has 0 amide bonds. The second-order valence-corrected chi connectivity index (χ2v) is 7.26. The zero-order valence-corrected chi connectivity index (χ0v) is 14.0. The summed E-state index contributed by atoms with van der Waals surface area (Å²) in [7, 11) is -3.33. The van der Waals surface area contributed by atoms with Gasteiger partial charge in [-0.2, -0.15) is 4.98 Å². The molecule has 1 aromatic carbocycles. The van der Waals surface area contributed by atoms with Crippen LogP contribution in [0.25, 0.3) is 0 Å². The summed E-state index contributed by atoms with van der Waals surface area (Å²) in [5.74, 6) is 0.768. The zero-order valence-electron chi connectivity index (χ0n) is 12.4. The van der Waals surface area contributed by atoms with Crippen molar-refractivity contribution in [2.24, 2.45) is 0 Å². The Labute approximate surface area is 134 Å². The van der Waals surface area contributed by atoms with Gasteiger partial charge in [0.25, 0.3) is 0 Å². The zero-order chi connectivity index (χ0) is 16.2. The third kappa shape index (κ3) is 4.53. The molecule has 8 heteroatoms. The molecule has 6 nitrogen and oxygen atoms in total. The maximum absolute atomic E-state index is 11.7. The fourth-order valence-electron chi connectivity index (χ4n) is 1.97. The van der Waals surface area contributed by atoms with Gasteiger partial charge in [-0.3, -0.25) is 0 Å². The number of sulfonamides is 1. The normalized spacial score (nSPS) is 13.2. The average Bonchev–Trinajstić information content (AvgIpc) is 2.89. The van der Waals surface area contributed by atoms with E-state index in [1.807, 2.05) is 18.2 Å². The van der Waals surface area contributed by atoms with Gasteiger partial charge in [-0.05, 0) is 25.0 Å². The van der Waals surface area contributed by atoms with E-state index >= 15 is 0 Å². The van der Waals surface area contributed by atoms with Crippen LogP contribution in [0.4, 0.5) is 0 Å². The highest BCUT2D eigenvalue weighted by molar-refractivity contribution is 7.89. The van der Waals surface area contributed by atoms with Crippen LogP contribution in [0.15, 0.2) is 28.8 Å². The van der Waals surface area contributed by atoms with Gasteiger partial charge < -0.3 is 4.52 Å². The molecular weight excluding hydrogens is 326 g/mol. The summed E-state index contributed by atoms with van der Waals surface area (Å²) >= 11 is 6.09. The largest absolute Gasteiger partial charge is 0.338 e. The fraction of sp³-hybridized carbons (Fsp3) is 0.429. The Morgan fingerprint density at radius 2 is 2.09 bits per heavy atom. The summed E-state index contributed by atoms with van der Waals surface area (Å²) in [5.41, 5.74) is 0.885. The molecule has 1 heterocycles. The Kier molecular flexibility index (Phi) is 5.55. The monoisotopic (exact) mass is 343 g/mol. The molecule has 2 rings (SSSR count). The highest BCUT2D eigenvalue weighted by Crippen LogP contribution is 2.19. The smallest absolute Gasteiger partial charge is 0.244 e. The van der Waals surface area contributed by atoms with Crippen LogP contribution >= 0.6 is 11.6 Å². The van der Waals surface area contributed by atoms with Crippen molar-refractivity contribution in [1.29, 1.82) is 0 Å². The molecule has 120 valence electrons. The second kappa shape index (κ2) is 7.21. The first-order valence-electron chi connectivity index (χ1n) is 6.97. The topological polar surface area (TPSA) is 85.1 Å². The molecule has 0 spiro atoms. The van der Waals surface area contributed by atoms with Crippen molar-refractivity contribution >= 4 is 21.6 Å². The van der Waals surface area contributed by atoms with Gasteiger partial charge in [0.05, 0.1) is 11.8 Å². The van der Waals surface area contributed by atoms with Crippen LogP contribution in [-0.2, 0) is 16.4 Å². The minimum absolute atomic E-state index is 0.0674. The number of benzene rings is 1. The quantitative estimate of drug-likeness (QED) is 0.835. The molecule has 1 aromatic heterocycles. The number of aromatic nitrogens is 2. The van der Waals surface area contributed by atoms with Crippen LogP contribution in [0.3, 0.4) is 0 Å². The van der Waals surface area contributed by atoms with E-state index in [0.717, 1.165) is 5.56 Å². The van der Waals surface area contributed by atoms with Crippen molar-refractivity contribution in [1.82, 2.24) is 14.9 Å². The lowest BCUT2D eigenvalue weighted by molar-refractivity contribution is 0.350. The summed E-state index contributed by atoms with van der Waals surface area (Å²) in [6.45, 7) is 3.47. The van der Waals surface area contributed by atoms with Gasteiger partial charge >= 0.3 is 0 Å². The maximum Gasteiger partial charge on any atom is 0.244 e. The van der Waals surface area contributed by atoms with Gasteiger partial charge in [-0.15, -0.1) is 0 Å². The molecule has 0 saturated carbocycles. The third-order valence-corrected chi connectivity index (χ3v) is 5.02. The summed E-state index contributed by atoms with van der Waals surface area (Å²) in [6.07, 6.45) is 0.973. The fourth-order valence-corrected chi connectivity index (χ4v) is 3.47. The van der Waals surface area contributed by atoms with Gasteiger partial charge in [0, 0.05) is 11.4 Å². The summed E-state index contributed by atoms with van der Waals surface area (Å²) < 4.78 is 31.1. The number of rotatable bonds is 7. The predicted molar refractivity (Wildman–Crippen MR) is 84.2 cm³/mol. The van der Waals surface area contributed by atoms with Gasteiger partial charge in [0.15, 0.2) is 5.82 Å². The Hall–Kier alpha value is -1.44. The van der Waals surface area contributed by atoms with E-state index in [1.165, 1.54) is 0 Å². The SMILES string of the molecule is CCCS(=O)(=O)NC(C)c1nc(Cc2ccccc2Cl)no1. The third-order valence-electron chi connectivity index (χ3n) is 2.99. The Morgan fingerprint density at radius 1 is 1.36 bits per heavy atom. The van der Waals surface area contributed by atoms with Crippen LogP contribution in [-0.4, -0.2) is 24.3 Å². The van der Waals surface area contributed by atoms with Crippen LogP contribution in [0, 0.1) is 0 Å². The standard InChI is InChI=1S/C14H18ClN3O3S/c1-3-8-22(19,20)18-10(2)14-16-13(17-21-14)9-11-6-4-5-7-12(11)15/h4-7,10,18H,3,8-9H2,1-2H3. The van der Waals surface area contributed by atoms with E-state index in [-0.39, 0.29) is 11.6 Å². The van der Waals surface area contributed by atoms with Crippen molar-refractivity contribution in [2.45, 2.75) is 32.7 Å². The van der Waals surface area contributed by atoms with Gasteiger partial charge in [0.2, 0.25) is 15.9 Å². The molecule has 0 aliphatic rings. The molecule has 1 N–H and O–H groups in total. The molecular formula is C14H18ClN3O3S. The molecule has 0 aliphatic carbocycles. The highest BCUT2D eigenvalue weighted by Gasteiger charge is 2.20. The average molecular weight is 344 g/mol. The number of halogens is 1. The molecule has 1 atom stereocenters. The minimum atomic E-state index is -3.33. The number of nitrogens with zero attached hydrogens (tertiary/aromatic N) is 2. The number of nitrogens with one attached hydrogen (secondary N) is 1. The van der Waals surface area contributed by atoms with Gasteiger partial charge in [-0.25, -0.2) is 13.1 Å². The summed E-state index contributed by atoms with van der Waals surface area (Å²) in [6, 6.07) is 6.83. The highest BCUT2D eigenvalue weighted by atomic mass is 35.5. The van der Waals surface area contributed by atoms with Crippen molar-refractivity contribution in [3.8, 4) is 0 Å². The van der Waals surface area contributed by atoms with Crippen LogP contribution in [0.5, 0.6) is 0 Å². The van der Waals surface area contributed by atoms with Crippen LogP contribution in [0.1, 0.15) is 43.6 Å². The maximum atomic E-state index is 11.7. The van der Waals surface area contributed by atoms with Gasteiger partial charge in [0.1, 0.15) is 0 Å². The van der Waals surface area contributed by atoms with E-state index < -0.39 is 16.1 Å². The summed E-state index contributed by atoms with van der Waals surface area (Å²) in [4.78, 5) is 4.23. The molecule has 0 radical (unpaired) electrons. The Morgan fingerprint density at radius 3 is 2.77 bits per heavy atom. The number of hydrogen-bond acceptors (Lipinski definition) is 5. The molecule has 0 fully saturated rings. The Balaban J connectivity index is 2.07. The lowest BCUT2D eigenvalue weighted by atomic mass is 10.1. The molecule has 0 saturated heterocycles. The van der Waals surface area contributed by atoms with Crippen LogP contribution in [0.2, 0.25) is 5.02 Å². The lowest BCUT2D eigenvalue weighted by Crippen LogP contribution is -2.29. The molecule has 1 unspecified atom stereocenters. The van der Waals surface area contributed by atoms with E-state index in [0.29, 0.717) is 23.7 Å².